The van der Waals surface area contributed by atoms with Crippen LogP contribution in [0.5, 0.6) is 0 Å². The van der Waals surface area contributed by atoms with Crippen molar-refractivity contribution in [2.75, 3.05) is 0 Å². The van der Waals surface area contributed by atoms with Gasteiger partial charge in [-0.1, -0.05) is 0 Å². The van der Waals surface area contributed by atoms with Gasteiger partial charge in [0.15, 0.2) is 0 Å². The van der Waals surface area contributed by atoms with Gasteiger partial charge in [0.1, 0.15) is 0 Å². The fourth-order valence-electron chi connectivity index (χ4n) is 2.05. The van der Waals surface area contributed by atoms with Gasteiger partial charge in [-0.25, -0.2) is 0 Å². The number of rotatable bonds is 9. The van der Waals surface area contributed by atoms with Crippen LogP contribution >= 0.6 is 0 Å². The maximum atomic E-state index is 12.4. The van der Waals surface area contributed by atoms with Crippen molar-refractivity contribution in [3.63, 3.8) is 0 Å². The molecule has 4 heteroatoms. The van der Waals surface area contributed by atoms with Gasteiger partial charge in [0.05, 0.1) is 0 Å². The number of unbranched alkanes of at least 4 members (excludes halogenated alkanes) is 3. The Labute approximate surface area is 140 Å². The van der Waals surface area contributed by atoms with Crippen LogP contribution in [0.25, 0.3) is 0 Å². The van der Waals surface area contributed by atoms with E-state index in [2.05, 4.69) is 13.0 Å². The van der Waals surface area contributed by atoms with E-state index in [4.69, 9.17) is 4.74 Å². The third-order valence-corrected chi connectivity index (χ3v) is 5.90. The summed E-state index contributed by atoms with van der Waals surface area (Å²) >= 11 is -0.262. The van der Waals surface area contributed by atoms with Crippen molar-refractivity contribution >= 4 is 25.4 Å². The van der Waals surface area contributed by atoms with Crippen molar-refractivity contribution in [1.82, 2.24) is 0 Å². The van der Waals surface area contributed by atoms with Gasteiger partial charge in [0, 0.05) is 0 Å². The molecule has 1 rings (SSSR count). The molecule has 3 nitrogen and oxygen atoms in total. The summed E-state index contributed by atoms with van der Waals surface area (Å²) in [6, 6.07) is 11.9. The molecular weight excluding hydrogens is 341 g/mol. The number of carbonyl (C=O) groups excluding carboxylic acids is 1. The Bertz CT molecular complexity index is 498. The average molecular weight is 366 g/mol. The van der Waals surface area contributed by atoms with Crippen LogP contribution in [-0.2, 0) is 9.53 Å². The molecule has 0 heterocycles. The Balaban J connectivity index is 2.54. The zero-order valence-electron chi connectivity index (χ0n) is 13.7. The number of esters is 1. The van der Waals surface area contributed by atoms with E-state index in [1.807, 2.05) is 37.3 Å². The van der Waals surface area contributed by atoms with Crippen molar-refractivity contribution in [3.8, 4) is 6.07 Å². The summed E-state index contributed by atoms with van der Waals surface area (Å²) in [7, 11) is 0. The normalized spacial score (nSPS) is 14.6. The van der Waals surface area contributed by atoms with Crippen LogP contribution in [0.3, 0.4) is 0 Å². The van der Waals surface area contributed by atoms with E-state index in [1.54, 1.807) is 6.92 Å². The number of hydrogen-bond acceptors (Lipinski definition) is 3. The number of hydrogen-bond donors (Lipinski definition) is 0. The van der Waals surface area contributed by atoms with Crippen LogP contribution in [-0.4, -0.2) is 27.0 Å². The molecule has 0 aliphatic heterocycles. The molecule has 1 aromatic carbocycles. The number of benzene rings is 1. The second-order valence-corrected chi connectivity index (χ2v) is 8.76. The number of nitriles is 1. The molecule has 0 radical (unpaired) electrons. The summed E-state index contributed by atoms with van der Waals surface area (Å²) in [5.41, 5.74) is 0. The molecule has 0 amide bonds. The molecule has 1 aromatic rings. The topological polar surface area (TPSA) is 50.1 Å². The molecule has 0 fully saturated rings. The minimum atomic E-state index is -1.06. The molecule has 0 saturated carbocycles. The summed E-state index contributed by atoms with van der Waals surface area (Å²) in [6.45, 7) is 5.77. The Morgan fingerprint density at radius 1 is 1.32 bits per heavy atom. The quantitative estimate of drug-likeness (QED) is 0.381. The molecule has 0 N–H and O–H groups in total. The maximum absolute atomic E-state index is 12.4. The number of ether oxygens (including phenoxy) is 1. The number of carbonyl (C=O) groups is 1. The summed E-state index contributed by atoms with van der Waals surface area (Å²) in [5.74, 6) is -0.387. The van der Waals surface area contributed by atoms with Crippen molar-refractivity contribution < 1.29 is 9.53 Å². The fraction of sp³-hybridized carbons (Fsp3) is 0.556. The fourth-order valence-corrected chi connectivity index (χ4v) is 4.02. The van der Waals surface area contributed by atoms with Gasteiger partial charge in [-0.15, -0.1) is 0 Å². The van der Waals surface area contributed by atoms with Gasteiger partial charge >= 0.3 is 140 Å². The van der Waals surface area contributed by atoms with E-state index in [9.17, 15) is 10.1 Å². The van der Waals surface area contributed by atoms with Crippen molar-refractivity contribution in [3.05, 3.63) is 30.3 Å². The first-order valence-electron chi connectivity index (χ1n) is 7.88. The molecule has 0 aromatic heterocycles. The summed E-state index contributed by atoms with van der Waals surface area (Å²) in [6.07, 6.45) is 5.39. The monoisotopic (exact) mass is 367 g/mol. The molecule has 120 valence electrons. The first kappa shape index (κ1) is 18.7. The second-order valence-electron chi connectivity index (χ2n) is 5.63. The first-order valence-corrected chi connectivity index (χ1v) is 9.59. The predicted molar refractivity (Wildman–Crippen MR) is 90.1 cm³/mol. The van der Waals surface area contributed by atoms with E-state index in [0.717, 1.165) is 17.3 Å². The van der Waals surface area contributed by atoms with Gasteiger partial charge in [-0.2, -0.15) is 0 Å². The third kappa shape index (κ3) is 6.22. The number of nitrogens with zero attached hydrogens (tertiary/aromatic N) is 1. The molecule has 0 aliphatic rings. The van der Waals surface area contributed by atoms with Crippen LogP contribution in [0.1, 0.15) is 52.9 Å². The molecule has 22 heavy (non-hydrogen) atoms. The second kappa shape index (κ2) is 9.66. The summed E-state index contributed by atoms with van der Waals surface area (Å²) in [5, 5.41) is 9.44. The Morgan fingerprint density at radius 3 is 2.59 bits per heavy atom. The molecule has 0 aliphatic carbocycles. The molecule has 0 spiro atoms. The van der Waals surface area contributed by atoms with Crippen LogP contribution in [0.2, 0.25) is 4.31 Å². The summed E-state index contributed by atoms with van der Waals surface area (Å²) in [4.78, 5) is 12.4. The van der Waals surface area contributed by atoms with E-state index < -0.39 is 4.31 Å². The van der Waals surface area contributed by atoms with Crippen LogP contribution < -0.4 is 4.46 Å². The van der Waals surface area contributed by atoms with Crippen LogP contribution in [0.15, 0.2) is 30.3 Å². The van der Waals surface area contributed by atoms with Crippen LogP contribution in [0.4, 0.5) is 0 Å². The van der Waals surface area contributed by atoms with Crippen LogP contribution in [0, 0.1) is 11.3 Å². The molecule has 0 saturated heterocycles. The van der Waals surface area contributed by atoms with E-state index in [0.29, 0.717) is 0 Å². The Hall–Kier alpha value is -1.30. The van der Waals surface area contributed by atoms with E-state index in [1.165, 1.54) is 19.3 Å². The third-order valence-electron chi connectivity index (χ3n) is 3.44. The van der Waals surface area contributed by atoms with Gasteiger partial charge in [0.25, 0.3) is 0 Å². The standard InChI is InChI=1S/C18H25NO2Se/c1-4-5-6-8-11-15(2)21-17(20)18(3,14-19)22-16-12-9-7-10-13-16/h7,9-10,12-13,15H,4-6,8,11H2,1-3H3. The molecule has 0 bridgehead atoms. The van der Waals surface area contributed by atoms with Gasteiger partial charge in [-0.05, 0) is 0 Å². The molecule has 2 atom stereocenters. The van der Waals surface area contributed by atoms with Crippen molar-refractivity contribution in [2.24, 2.45) is 0 Å². The molecular formula is C18H25NO2Se. The van der Waals surface area contributed by atoms with Crippen molar-refractivity contribution in [1.29, 1.82) is 5.26 Å². The summed E-state index contributed by atoms with van der Waals surface area (Å²) < 4.78 is 5.48. The minimum absolute atomic E-state index is 0.122. The van der Waals surface area contributed by atoms with E-state index in [-0.39, 0.29) is 27.0 Å². The Kier molecular flexibility index (Phi) is 8.23. The Morgan fingerprint density at radius 2 is 2.00 bits per heavy atom. The van der Waals surface area contributed by atoms with Gasteiger partial charge in [0.2, 0.25) is 0 Å². The zero-order chi connectivity index (χ0) is 16.4. The average Bonchev–Trinajstić information content (AvgIpc) is 2.52. The van der Waals surface area contributed by atoms with Gasteiger partial charge < -0.3 is 0 Å². The first-order chi connectivity index (χ1) is 10.5. The molecule has 2 unspecified atom stereocenters. The zero-order valence-corrected chi connectivity index (χ0v) is 15.4. The van der Waals surface area contributed by atoms with Gasteiger partial charge in [-0.3, -0.25) is 0 Å². The SMILES string of the molecule is CCCCCCC(C)OC(=O)C(C)(C#N)[Se]c1ccccc1. The van der Waals surface area contributed by atoms with Crippen molar-refractivity contribution in [2.45, 2.75) is 63.3 Å². The predicted octanol–water partition coefficient (Wildman–Crippen LogP) is 3.62. The van der Waals surface area contributed by atoms with E-state index >= 15 is 0 Å².